The fourth-order valence-corrected chi connectivity index (χ4v) is 4.96. The zero-order valence-corrected chi connectivity index (χ0v) is 20.9. The minimum atomic E-state index is -0.335. The Balaban J connectivity index is 1.26. The number of nitrogens with zero attached hydrogens (tertiary/aromatic N) is 6. The lowest BCUT2D eigenvalue weighted by molar-refractivity contribution is -0.124. The second-order valence-corrected chi connectivity index (χ2v) is 9.59. The zero-order chi connectivity index (χ0) is 26.2. The minimum Gasteiger partial charge on any atom is -0.369 e. The van der Waals surface area contributed by atoms with E-state index >= 15 is 0 Å². The minimum absolute atomic E-state index is 0.0417. The Labute approximate surface area is 219 Å². The summed E-state index contributed by atoms with van der Waals surface area (Å²) in [5.74, 6) is 6.78. The van der Waals surface area contributed by atoms with Crippen LogP contribution in [0.15, 0.2) is 48.9 Å². The first-order valence-electron chi connectivity index (χ1n) is 12.6. The van der Waals surface area contributed by atoms with Gasteiger partial charge in [-0.25, -0.2) is 15.0 Å². The van der Waals surface area contributed by atoms with Crippen molar-refractivity contribution in [2.24, 2.45) is 0 Å². The Morgan fingerprint density at radius 1 is 1.05 bits per heavy atom. The number of likely N-dealkylation sites (tertiary alicyclic amines) is 1. The highest BCUT2D eigenvalue weighted by molar-refractivity contribution is 6.02. The molecule has 2 aliphatic rings. The van der Waals surface area contributed by atoms with E-state index < -0.39 is 0 Å². The average Bonchev–Trinajstić information content (AvgIpc) is 3.53. The number of nitrogens with one attached hydrogen (secondary N) is 1. The number of anilines is 2. The molecular weight excluding hydrogens is 480 g/mol. The van der Waals surface area contributed by atoms with Crippen LogP contribution in [-0.2, 0) is 4.79 Å². The first kappa shape index (κ1) is 23.6. The van der Waals surface area contributed by atoms with Crippen LogP contribution in [0.2, 0.25) is 0 Å². The molecule has 10 heteroatoms. The molecule has 190 valence electrons. The average molecular weight is 507 g/mol. The van der Waals surface area contributed by atoms with Gasteiger partial charge in [-0.15, -0.1) is 0 Å². The molecule has 1 aliphatic heterocycles. The maximum absolute atomic E-state index is 12.8. The van der Waals surface area contributed by atoms with E-state index in [1.54, 1.807) is 46.9 Å². The van der Waals surface area contributed by atoms with E-state index in [-0.39, 0.29) is 23.4 Å². The van der Waals surface area contributed by atoms with Crippen LogP contribution in [0, 0.1) is 11.8 Å². The Morgan fingerprint density at radius 3 is 2.66 bits per heavy atom. The number of rotatable bonds is 5. The van der Waals surface area contributed by atoms with Crippen LogP contribution >= 0.6 is 0 Å². The third-order valence-corrected chi connectivity index (χ3v) is 7.03. The number of hydrogen-bond acceptors (Lipinski definition) is 7. The van der Waals surface area contributed by atoms with Gasteiger partial charge in [-0.2, -0.15) is 0 Å². The highest BCUT2D eigenvalue weighted by Crippen LogP contribution is 2.40. The van der Waals surface area contributed by atoms with Crippen molar-refractivity contribution in [1.29, 1.82) is 0 Å². The van der Waals surface area contributed by atoms with Crippen molar-refractivity contribution in [1.82, 2.24) is 29.2 Å². The molecule has 4 aromatic heterocycles. The lowest BCUT2D eigenvalue weighted by Gasteiger charge is -2.12. The number of carbonyl (C=O) groups excluding carboxylic acids is 2. The molecular formula is C28H26N8O2. The zero-order valence-electron chi connectivity index (χ0n) is 20.9. The summed E-state index contributed by atoms with van der Waals surface area (Å²) < 4.78 is 1.79. The molecule has 2 amide bonds. The van der Waals surface area contributed by atoms with E-state index in [0.717, 1.165) is 17.6 Å². The molecule has 1 saturated carbocycles. The van der Waals surface area contributed by atoms with Crippen molar-refractivity contribution >= 4 is 29.1 Å². The summed E-state index contributed by atoms with van der Waals surface area (Å²) >= 11 is 0. The Morgan fingerprint density at radius 2 is 1.89 bits per heavy atom. The predicted octanol–water partition coefficient (Wildman–Crippen LogP) is 3.24. The van der Waals surface area contributed by atoms with Crippen LogP contribution in [0.5, 0.6) is 0 Å². The van der Waals surface area contributed by atoms with Gasteiger partial charge in [0.15, 0.2) is 0 Å². The van der Waals surface area contributed by atoms with E-state index in [1.165, 1.54) is 18.4 Å². The number of fused-ring (bicyclic) bond motifs is 1. The summed E-state index contributed by atoms with van der Waals surface area (Å²) in [6, 6.07) is 9.23. The number of pyridine rings is 2. The van der Waals surface area contributed by atoms with Crippen molar-refractivity contribution in [3.05, 3.63) is 65.9 Å². The lowest BCUT2D eigenvalue weighted by Crippen LogP contribution is -2.26. The molecule has 1 aliphatic carbocycles. The SMILES string of the molecule is CC#CC(=O)N1CCC(c2nc(-c3ccc(C(=O)Nc4cc(C5CC5)ccn4)nc3)n3c(N)nccc23)C1. The number of amides is 2. The van der Waals surface area contributed by atoms with E-state index in [0.29, 0.717) is 42.2 Å². The van der Waals surface area contributed by atoms with Gasteiger partial charge in [-0.3, -0.25) is 19.0 Å². The van der Waals surface area contributed by atoms with Crippen LogP contribution in [-0.4, -0.2) is 54.1 Å². The fraction of sp³-hybridized carbons (Fsp3) is 0.286. The van der Waals surface area contributed by atoms with Gasteiger partial charge in [0, 0.05) is 43.2 Å². The number of imidazole rings is 1. The first-order chi connectivity index (χ1) is 18.5. The second kappa shape index (κ2) is 9.59. The number of nitrogen functional groups attached to an aromatic ring is 1. The summed E-state index contributed by atoms with van der Waals surface area (Å²) in [4.78, 5) is 44.7. The van der Waals surface area contributed by atoms with Crippen molar-refractivity contribution in [3.63, 3.8) is 0 Å². The van der Waals surface area contributed by atoms with Crippen LogP contribution in [0.4, 0.5) is 11.8 Å². The van der Waals surface area contributed by atoms with E-state index in [1.807, 2.05) is 18.2 Å². The van der Waals surface area contributed by atoms with Crippen molar-refractivity contribution in [3.8, 4) is 23.2 Å². The molecule has 10 nitrogen and oxygen atoms in total. The topological polar surface area (TPSA) is 131 Å². The lowest BCUT2D eigenvalue weighted by atomic mass is 10.0. The maximum atomic E-state index is 12.8. The molecule has 0 bridgehead atoms. The third-order valence-electron chi connectivity index (χ3n) is 7.03. The summed E-state index contributed by atoms with van der Waals surface area (Å²) in [6.07, 6.45) is 8.10. The van der Waals surface area contributed by atoms with Crippen molar-refractivity contribution < 1.29 is 9.59 Å². The summed E-state index contributed by atoms with van der Waals surface area (Å²) in [7, 11) is 0. The molecule has 5 heterocycles. The van der Waals surface area contributed by atoms with Gasteiger partial charge < -0.3 is 16.0 Å². The first-order valence-corrected chi connectivity index (χ1v) is 12.6. The molecule has 1 unspecified atom stereocenters. The third kappa shape index (κ3) is 4.43. The molecule has 0 spiro atoms. The van der Waals surface area contributed by atoms with Gasteiger partial charge in [0.25, 0.3) is 11.8 Å². The van der Waals surface area contributed by atoms with Gasteiger partial charge in [-0.1, -0.05) is 5.92 Å². The fourth-order valence-electron chi connectivity index (χ4n) is 4.96. The number of hydrogen-bond donors (Lipinski definition) is 2. The highest BCUT2D eigenvalue weighted by Gasteiger charge is 2.31. The standard InChI is InChI=1S/C28H26N8O2/c1-2-3-24(37)35-13-10-20(16-35)25-22-9-12-31-28(29)36(22)26(34-25)19-6-7-21(32-15-19)27(38)33-23-14-18(8-11-30-23)17-4-5-17/h6-9,11-12,14-15,17,20H,4-5,10,13,16H2,1H3,(H2,29,31)(H,30,33,38). The molecule has 0 radical (unpaired) electrons. The number of aromatic nitrogens is 5. The van der Waals surface area contributed by atoms with Crippen LogP contribution in [0.25, 0.3) is 16.9 Å². The van der Waals surface area contributed by atoms with E-state index in [9.17, 15) is 9.59 Å². The molecule has 1 atom stereocenters. The van der Waals surface area contributed by atoms with E-state index in [4.69, 9.17) is 10.7 Å². The molecule has 0 aromatic carbocycles. The van der Waals surface area contributed by atoms with Crippen LogP contribution < -0.4 is 11.1 Å². The molecule has 38 heavy (non-hydrogen) atoms. The van der Waals surface area contributed by atoms with E-state index in [2.05, 4.69) is 32.1 Å². The summed E-state index contributed by atoms with van der Waals surface area (Å²) in [6.45, 7) is 2.81. The number of nitrogens with two attached hydrogens (primary N) is 1. The molecule has 6 rings (SSSR count). The molecule has 2 fully saturated rings. The largest absolute Gasteiger partial charge is 0.369 e. The Bertz CT molecular complexity index is 1610. The van der Waals surface area contributed by atoms with Gasteiger partial charge in [-0.05, 0) is 73.9 Å². The highest BCUT2D eigenvalue weighted by atomic mass is 16.2. The summed E-state index contributed by atoms with van der Waals surface area (Å²) in [5, 5.41) is 2.84. The van der Waals surface area contributed by atoms with Crippen molar-refractivity contribution in [2.45, 2.75) is 38.0 Å². The van der Waals surface area contributed by atoms with Gasteiger partial charge in [0.1, 0.15) is 17.3 Å². The number of carbonyl (C=O) groups is 2. The smallest absolute Gasteiger partial charge is 0.298 e. The quantitative estimate of drug-likeness (QED) is 0.397. The molecule has 3 N–H and O–H groups in total. The monoisotopic (exact) mass is 506 g/mol. The van der Waals surface area contributed by atoms with Gasteiger partial charge >= 0.3 is 0 Å². The van der Waals surface area contributed by atoms with Gasteiger partial charge in [0.05, 0.1) is 11.2 Å². The van der Waals surface area contributed by atoms with Crippen LogP contribution in [0.3, 0.4) is 0 Å². The van der Waals surface area contributed by atoms with Crippen LogP contribution in [0.1, 0.15) is 59.8 Å². The predicted molar refractivity (Wildman–Crippen MR) is 142 cm³/mol. The summed E-state index contributed by atoms with van der Waals surface area (Å²) in [5.41, 5.74) is 10.1. The second-order valence-electron chi connectivity index (χ2n) is 9.59. The Hall–Kier alpha value is -4.78. The maximum Gasteiger partial charge on any atom is 0.298 e. The molecule has 4 aromatic rings. The molecule has 1 saturated heterocycles. The van der Waals surface area contributed by atoms with Crippen molar-refractivity contribution in [2.75, 3.05) is 24.1 Å². The Kier molecular flexibility index (Phi) is 5.96. The van der Waals surface area contributed by atoms with Gasteiger partial charge in [0.2, 0.25) is 5.95 Å². The normalized spacial score (nSPS) is 16.8.